The van der Waals surface area contributed by atoms with Crippen LogP contribution in [0.3, 0.4) is 0 Å². The monoisotopic (exact) mass is 336 g/mol. The predicted octanol–water partition coefficient (Wildman–Crippen LogP) is 4.29. The van der Waals surface area contributed by atoms with E-state index in [1.165, 1.54) is 6.07 Å². The zero-order valence-corrected chi connectivity index (χ0v) is 12.6. The number of amides is 1. The van der Waals surface area contributed by atoms with E-state index in [0.29, 0.717) is 17.3 Å². The first kappa shape index (κ1) is 13.4. The molecule has 0 atom stereocenters. The number of nitrogens with one attached hydrogen (secondary N) is 1. The van der Waals surface area contributed by atoms with Crippen LogP contribution in [0.5, 0.6) is 0 Å². The molecule has 2 aromatic rings. The van der Waals surface area contributed by atoms with Crippen molar-refractivity contribution in [2.24, 2.45) is 0 Å². The number of anilines is 1. The number of carbonyl (C=O) groups is 1. The Hall–Kier alpha value is -1.62. The summed E-state index contributed by atoms with van der Waals surface area (Å²) in [6, 6.07) is 6.91. The molecule has 3 rings (SSSR count). The van der Waals surface area contributed by atoms with E-state index in [4.69, 9.17) is 0 Å². The van der Waals surface area contributed by atoms with Crippen LogP contribution in [0.4, 0.5) is 10.1 Å². The number of para-hydroxylation sites is 1. The lowest BCUT2D eigenvalue weighted by Crippen LogP contribution is -2.17. The number of nitrogens with zero attached hydrogens (tertiary/aromatic N) is 1. The lowest BCUT2D eigenvalue weighted by molar-refractivity contribution is 0.101. The lowest BCUT2D eigenvalue weighted by Gasteiger charge is -2.11. The molecule has 0 spiro atoms. The molecule has 0 radical (unpaired) electrons. The fourth-order valence-electron chi connectivity index (χ4n) is 2.25. The van der Waals surface area contributed by atoms with E-state index < -0.39 is 5.82 Å². The Kier molecular flexibility index (Phi) is 3.38. The van der Waals surface area contributed by atoms with Gasteiger partial charge in [-0.2, -0.15) is 0 Å². The Morgan fingerprint density at radius 1 is 1.45 bits per heavy atom. The quantitative estimate of drug-likeness (QED) is 0.891. The van der Waals surface area contributed by atoms with E-state index in [0.717, 1.165) is 17.3 Å². The summed E-state index contributed by atoms with van der Waals surface area (Å²) < 4.78 is 16.6. The fourth-order valence-corrected chi connectivity index (χ4v) is 2.69. The topological polar surface area (TPSA) is 34.0 Å². The average molecular weight is 337 g/mol. The molecule has 1 aromatic heterocycles. The molecule has 1 heterocycles. The highest BCUT2D eigenvalue weighted by molar-refractivity contribution is 9.10. The first-order valence-corrected chi connectivity index (χ1v) is 7.29. The van der Waals surface area contributed by atoms with Crippen molar-refractivity contribution in [3.05, 3.63) is 52.0 Å². The number of aromatic nitrogens is 1. The minimum Gasteiger partial charge on any atom is -0.339 e. The molecule has 5 heteroatoms. The van der Waals surface area contributed by atoms with Gasteiger partial charge in [0.25, 0.3) is 5.91 Å². The third-order valence-corrected chi connectivity index (χ3v) is 3.88. The molecule has 1 saturated carbocycles. The Morgan fingerprint density at radius 3 is 2.85 bits per heavy atom. The van der Waals surface area contributed by atoms with Gasteiger partial charge in [-0.1, -0.05) is 12.1 Å². The summed E-state index contributed by atoms with van der Waals surface area (Å²) in [5, 5.41) is 2.68. The van der Waals surface area contributed by atoms with Crippen LogP contribution in [0.25, 0.3) is 0 Å². The average Bonchev–Trinajstić information content (AvgIpc) is 3.17. The molecular weight excluding hydrogens is 323 g/mol. The van der Waals surface area contributed by atoms with Crippen molar-refractivity contribution in [3.63, 3.8) is 0 Å². The van der Waals surface area contributed by atoms with Gasteiger partial charge in [-0.05, 0) is 53.4 Å². The summed E-state index contributed by atoms with van der Waals surface area (Å²) in [5.74, 6) is -0.697. The van der Waals surface area contributed by atoms with Gasteiger partial charge in [-0.15, -0.1) is 0 Å². The first-order chi connectivity index (χ1) is 9.56. The normalized spacial score (nSPS) is 14.3. The minimum atomic E-state index is -0.415. The number of carbonyl (C=O) groups excluding carboxylic acids is 1. The van der Waals surface area contributed by atoms with Crippen LogP contribution in [-0.4, -0.2) is 10.5 Å². The Morgan fingerprint density at radius 2 is 2.20 bits per heavy atom. The van der Waals surface area contributed by atoms with E-state index in [1.54, 1.807) is 25.1 Å². The van der Waals surface area contributed by atoms with E-state index in [-0.39, 0.29) is 11.6 Å². The van der Waals surface area contributed by atoms with Crippen LogP contribution in [0.2, 0.25) is 0 Å². The van der Waals surface area contributed by atoms with Crippen molar-refractivity contribution >= 4 is 27.5 Å². The van der Waals surface area contributed by atoms with Crippen LogP contribution in [0.15, 0.2) is 34.9 Å². The standard InChI is InChI=1S/C15H14BrFN2O/c1-9-3-2-4-12(17)14(9)18-15(20)13-7-10(16)8-19(13)11-5-6-11/h2-4,7-8,11H,5-6H2,1H3,(H,18,20). The maximum Gasteiger partial charge on any atom is 0.272 e. The fraction of sp³-hybridized carbons (Fsp3) is 0.267. The maximum absolute atomic E-state index is 13.8. The summed E-state index contributed by atoms with van der Waals surface area (Å²) in [6.45, 7) is 1.77. The highest BCUT2D eigenvalue weighted by Crippen LogP contribution is 2.37. The second-order valence-electron chi connectivity index (χ2n) is 5.07. The van der Waals surface area contributed by atoms with Gasteiger partial charge in [0, 0.05) is 16.7 Å². The smallest absolute Gasteiger partial charge is 0.272 e. The molecule has 1 amide bonds. The summed E-state index contributed by atoms with van der Waals surface area (Å²) in [4.78, 5) is 12.4. The van der Waals surface area contributed by atoms with Gasteiger partial charge in [-0.3, -0.25) is 4.79 Å². The Bertz CT molecular complexity index is 656. The lowest BCUT2D eigenvalue weighted by atomic mass is 10.2. The van der Waals surface area contributed by atoms with Crippen molar-refractivity contribution < 1.29 is 9.18 Å². The molecule has 1 N–H and O–H groups in total. The number of benzene rings is 1. The zero-order chi connectivity index (χ0) is 14.3. The summed E-state index contributed by atoms with van der Waals surface area (Å²) in [5.41, 5.74) is 1.51. The number of aryl methyl sites for hydroxylation is 1. The third-order valence-electron chi connectivity index (χ3n) is 3.45. The highest BCUT2D eigenvalue weighted by Gasteiger charge is 2.28. The summed E-state index contributed by atoms with van der Waals surface area (Å²) in [7, 11) is 0. The van der Waals surface area contributed by atoms with Crippen LogP contribution < -0.4 is 5.32 Å². The van der Waals surface area contributed by atoms with E-state index >= 15 is 0 Å². The van der Waals surface area contributed by atoms with Gasteiger partial charge in [0.15, 0.2) is 0 Å². The molecule has 3 nitrogen and oxygen atoms in total. The van der Waals surface area contributed by atoms with Crippen molar-refractivity contribution in [1.29, 1.82) is 0 Å². The highest BCUT2D eigenvalue weighted by atomic mass is 79.9. The predicted molar refractivity (Wildman–Crippen MR) is 79.5 cm³/mol. The minimum absolute atomic E-state index is 0.247. The van der Waals surface area contributed by atoms with Crippen molar-refractivity contribution in [2.75, 3.05) is 5.32 Å². The second-order valence-corrected chi connectivity index (χ2v) is 5.98. The van der Waals surface area contributed by atoms with Gasteiger partial charge in [0.05, 0.1) is 5.69 Å². The molecule has 0 saturated heterocycles. The third kappa shape index (κ3) is 2.50. The largest absolute Gasteiger partial charge is 0.339 e. The molecule has 0 unspecified atom stereocenters. The number of hydrogen-bond donors (Lipinski definition) is 1. The van der Waals surface area contributed by atoms with Gasteiger partial charge in [-0.25, -0.2) is 4.39 Å². The van der Waals surface area contributed by atoms with E-state index in [1.807, 2.05) is 10.8 Å². The van der Waals surface area contributed by atoms with Crippen LogP contribution in [-0.2, 0) is 0 Å². The van der Waals surface area contributed by atoms with Crippen molar-refractivity contribution in [2.45, 2.75) is 25.8 Å². The zero-order valence-electron chi connectivity index (χ0n) is 11.0. The first-order valence-electron chi connectivity index (χ1n) is 6.50. The second kappa shape index (κ2) is 5.05. The molecule has 1 fully saturated rings. The number of halogens is 2. The number of rotatable bonds is 3. The molecule has 1 aliphatic carbocycles. The van der Waals surface area contributed by atoms with Crippen LogP contribution >= 0.6 is 15.9 Å². The van der Waals surface area contributed by atoms with Gasteiger partial charge >= 0.3 is 0 Å². The Labute approximate surface area is 124 Å². The van der Waals surface area contributed by atoms with Crippen LogP contribution in [0, 0.1) is 12.7 Å². The van der Waals surface area contributed by atoms with Gasteiger partial charge in [0.1, 0.15) is 11.5 Å². The molecule has 0 aliphatic heterocycles. The number of hydrogen-bond acceptors (Lipinski definition) is 1. The summed E-state index contributed by atoms with van der Waals surface area (Å²) in [6.07, 6.45) is 4.07. The molecule has 1 aliphatic rings. The molecule has 1 aromatic carbocycles. The van der Waals surface area contributed by atoms with E-state index in [2.05, 4.69) is 21.2 Å². The maximum atomic E-state index is 13.8. The SMILES string of the molecule is Cc1cccc(F)c1NC(=O)c1cc(Br)cn1C1CC1. The van der Waals surface area contributed by atoms with E-state index in [9.17, 15) is 9.18 Å². The van der Waals surface area contributed by atoms with Gasteiger partial charge < -0.3 is 9.88 Å². The molecule has 20 heavy (non-hydrogen) atoms. The molecular formula is C15H14BrFN2O. The van der Waals surface area contributed by atoms with Crippen LogP contribution in [0.1, 0.15) is 34.9 Å². The van der Waals surface area contributed by atoms with Crippen molar-refractivity contribution in [1.82, 2.24) is 4.57 Å². The Balaban J connectivity index is 1.90. The summed E-state index contributed by atoms with van der Waals surface area (Å²) >= 11 is 3.39. The molecule has 0 bridgehead atoms. The van der Waals surface area contributed by atoms with Crippen molar-refractivity contribution in [3.8, 4) is 0 Å². The molecule has 104 valence electrons. The van der Waals surface area contributed by atoms with Gasteiger partial charge in [0.2, 0.25) is 0 Å².